The van der Waals surface area contributed by atoms with Crippen LogP contribution in [0.3, 0.4) is 0 Å². The molecule has 1 fully saturated rings. The van der Waals surface area contributed by atoms with Gasteiger partial charge in [0.05, 0.1) is 5.41 Å². The Kier molecular flexibility index (Phi) is 5.86. The van der Waals surface area contributed by atoms with E-state index >= 15 is 0 Å². The fourth-order valence-electron chi connectivity index (χ4n) is 4.74. The smallest absolute Gasteiger partial charge is 0.226 e. The predicted molar refractivity (Wildman–Crippen MR) is 117 cm³/mol. The number of primary amides is 1. The summed E-state index contributed by atoms with van der Waals surface area (Å²) in [4.78, 5) is 28.9. The molecule has 4 rings (SSSR count). The van der Waals surface area contributed by atoms with Crippen LogP contribution in [-0.2, 0) is 16.0 Å². The van der Waals surface area contributed by atoms with Crippen LogP contribution in [0.1, 0.15) is 37.7 Å². The van der Waals surface area contributed by atoms with Crippen molar-refractivity contribution in [3.05, 3.63) is 59.5 Å². The zero-order valence-electron chi connectivity index (χ0n) is 16.7. The van der Waals surface area contributed by atoms with Gasteiger partial charge in [0.2, 0.25) is 11.8 Å². The highest BCUT2D eigenvalue weighted by atomic mass is 32.1. The van der Waals surface area contributed by atoms with Gasteiger partial charge in [-0.15, -0.1) is 11.3 Å². The lowest BCUT2D eigenvalue weighted by Gasteiger charge is -2.42. The highest BCUT2D eigenvalue weighted by molar-refractivity contribution is 7.13. The van der Waals surface area contributed by atoms with E-state index in [4.69, 9.17) is 5.73 Å². The fourth-order valence-corrected chi connectivity index (χ4v) is 5.53. The van der Waals surface area contributed by atoms with Gasteiger partial charge in [-0.1, -0.05) is 42.5 Å². The SMILES string of the molecule is NC(=O)[C@]1(Cc2ccccc2-c2cccs2)CCCN(C(=O)[C@@H]2CC=CCC2)C1. The van der Waals surface area contributed by atoms with Crippen LogP contribution in [0.4, 0.5) is 0 Å². The molecule has 1 aliphatic heterocycles. The Hall–Kier alpha value is -2.40. The summed E-state index contributed by atoms with van der Waals surface area (Å²) in [6, 6.07) is 12.4. The normalized spacial score (nSPS) is 24.4. The molecule has 1 aromatic carbocycles. The number of carbonyl (C=O) groups is 2. The van der Waals surface area contributed by atoms with Gasteiger partial charge in [-0.3, -0.25) is 9.59 Å². The Balaban J connectivity index is 1.59. The first-order chi connectivity index (χ1) is 14.1. The third-order valence-electron chi connectivity index (χ3n) is 6.36. The van der Waals surface area contributed by atoms with Crippen LogP contribution in [0, 0.1) is 11.3 Å². The average molecular weight is 409 g/mol. The highest BCUT2D eigenvalue weighted by Crippen LogP contribution is 2.38. The van der Waals surface area contributed by atoms with Gasteiger partial charge < -0.3 is 10.6 Å². The van der Waals surface area contributed by atoms with E-state index < -0.39 is 5.41 Å². The quantitative estimate of drug-likeness (QED) is 0.745. The van der Waals surface area contributed by atoms with Gasteiger partial charge in [0.1, 0.15) is 0 Å². The lowest BCUT2D eigenvalue weighted by atomic mass is 9.73. The van der Waals surface area contributed by atoms with E-state index in [-0.39, 0.29) is 17.7 Å². The Morgan fingerprint density at radius 3 is 2.76 bits per heavy atom. The van der Waals surface area contributed by atoms with E-state index in [9.17, 15) is 9.59 Å². The van der Waals surface area contributed by atoms with Crippen molar-refractivity contribution in [3.8, 4) is 10.4 Å². The summed E-state index contributed by atoms with van der Waals surface area (Å²) in [5.74, 6) is -0.0622. The van der Waals surface area contributed by atoms with Crippen LogP contribution in [-0.4, -0.2) is 29.8 Å². The molecule has 2 aliphatic rings. The van der Waals surface area contributed by atoms with Crippen molar-refractivity contribution in [2.75, 3.05) is 13.1 Å². The van der Waals surface area contributed by atoms with Gasteiger partial charge in [0.25, 0.3) is 0 Å². The minimum absolute atomic E-state index is 0.0436. The minimum atomic E-state index is -0.703. The molecular weight excluding hydrogens is 380 g/mol. The largest absolute Gasteiger partial charge is 0.369 e. The number of nitrogens with two attached hydrogens (primary N) is 1. The molecule has 2 heterocycles. The Morgan fingerprint density at radius 2 is 2.03 bits per heavy atom. The first kappa shape index (κ1) is 19.9. The van der Waals surface area contributed by atoms with Crippen LogP contribution >= 0.6 is 11.3 Å². The van der Waals surface area contributed by atoms with Crippen molar-refractivity contribution in [1.82, 2.24) is 4.90 Å². The third-order valence-corrected chi connectivity index (χ3v) is 7.27. The number of hydrogen-bond donors (Lipinski definition) is 1. The van der Waals surface area contributed by atoms with Crippen LogP contribution < -0.4 is 5.73 Å². The number of thiophene rings is 1. The lowest BCUT2D eigenvalue weighted by Crippen LogP contribution is -2.54. The number of likely N-dealkylation sites (tertiary alicyclic amines) is 1. The molecule has 2 N–H and O–H groups in total. The molecule has 1 aromatic heterocycles. The number of benzene rings is 1. The zero-order valence-corrected chi connectivity index (χ0v) is 17.5. The molecule has 4 nitrogen and oxygen atoms in total. The second-order valence-electron chi connectivity index (χ2n) is 8.30. The van der Waals surface area contributed by atoms with E-state index in [1.165, 1.54) is 4.88 Å². The van der Waals surface area contributed by atoms with Crippen molar-refractivity contribution in [3.63, 3.8) is 0 Å². The molecular formula is C24H28N2O2S. The van der Waals surface area contributed by atoms with Gasteiger partial charge in [-0.05, 0) is 61.1 Å². The van der Waals surface area contributed by atoms with E-state index in [1.807, 2.05) is 23.1 Å². The summed E-state index contributed by atoms with van der Waals surface area (Å²) in [6.45, 7) is 1.15. The number of nitrogens with zero attached hydrogens (tertiary/aromatic N) is 1. The van der Waals surface area contributed by atoms with Crippen molar-refractivity contribution < 1.29 is 9.59 Å². The third kappa shape index (κ3) is 4.15. The van der Waals surface area contributed by atoms with Crippen molar-refractivity contribution in [1.29, 1.82) is 0 Å². The summed E-state index contributed by atoms with van der Waals surface area (Å²) < 4.78 is 0. The number of hydrogen-bond acceptors (Lipinski definition) is 3. The summed E-state index contributed by atoms with van der Waals surface area (Å²) in [5.41, 5.74) is 7.56. The number of amides is 2. The van der Waals surface area contributed by atoms with Crippen LogP contribution in [0.5, 0.6) is 0 Å². The molecule has 152 valence electrons. The Labute approximate surface area is 176 Å². The molecule has 2 atom stereocenters. The second-order valence-corrected chi connectivity index (χ2v) is 9.25. The molecule has 5 heteroatoms. The topological polar surface area (TPSA) is 63.4 Å². The number of carbonyl (C=O) groups excluding carboxylic acids is 2. The fraction of sp³-hybridized carbons (Fsp3) is 0.417. The molecule has 0 radical (unpaired) electrons. The molecule has 0 unspecified atom stereocenters. The Bertz CT molecular complexity index is 905. The second kappa shape index (κ2) is 8.54. The standard InChI is InChI=1S/C24H28N2O2S/c25-23(28)24(16-19-10-4-5-11-20(19)21-12-6-15-29-21)13-7-14-26(17-24)22(27)18-8-2-1-3-9-18/h1-2,4-6,10-12,15,18H,3,7-9,13-14,16-17H2,(H2,25,28)/t18-,24+/m1/s1. The van der Waals surface area contributed by atoms with Crippen molar-refractivity contribution in [2.24, 2.45) is 17.1 Å². The summed E-state index contributed by atoms with van der Waals surface area (Å²) >= 11 is 1.70. The molecule has 2 amide bonds. The monoisotopic (exact) mass is 408 g/mol. The lowest BCUT2D eigenvalue weighted by molar-refractivity contribution is -0.143. The number of rotatable bonds is 5. The molecule has 1 aliphatic carbocycles. The molecule has 1 saturated heterocycles. The van der Waals surface area contributed by atoms with Gasteiger partial charge in [-0.2, -0.15) is 0 Å². The van der Waals surface area contributed by atoms with E-state index in [2.05, 4.69) is 35.7 Å². The number of allylic oxidation sites excluding steroid dienone is 2. The van der Waals surface area contributed by atoms with Crippen LogP contribution in [0.2, 0.25) is 0 Å². The number of piperidine rings is 1. The van der Waals surface area contributed by atoms with Crippen molar-refractivity contribution >= 4 is 23.2 Å². The van der Waals surface area contributed by atoms with Crippen LogP contribution in [0.25, 0.3) is 10.4 Å². The molecule has 0 saturated carbocycles. The van der Waals surface area contributed by atoms with Gasteiger partial charge in [0.15, 0.2) is 0 Å². The van der Waals surface area contributed by atoms with E-state index in [1.54, 1.807) is 11.3 Å². The van der Waals surface area contributed by atoms with Crippen molar-refractivity contribution in [2.45, 2.75) is 38.5 Å². The van der Waals surface area contributed by atoms with E-state index in [0.29, 0.717) is 13.0 Å². The molecule has 0 spiro atoms. The van der Waals surface area contributed by atoms with E-state index in [0.717, 1.165) is 49.8 Å². The summed E-state index contributed by atoms with van der Waals surface area (Å²) in [6.07, 6.45) is 9.04. The molecule has 0 bridgehead atoms. The Morgan fingerprint density at radius 1 is 1.17 bits per heavy atom. The maximum atomic E-state index is 13.1. The molecule has 2 aromatic rings. The highest BCUT2D eigenvalue weighted by Gasteiger charge is 2.43. The maximum absolute atomic E-state index is 13.1. The summed E-state index contributed by atoms with van der Waals surface area (Å²) in [5, 5.41) is 2.07. The predicted octanol–water partition coefficient (Wildman–Crippen LogP) is 4.41. The minimum Gasteiger partial charge on any atom is -0.369 e. The maximum Gasteiger partial charge on any atom is 0.226 e. The summed E-state index contributed by atoms with van der Waals surface area (Å²) in [7, 11) is 0. The molecule has 29 heavy (non-hydrogen) atoms. The first-order valence-corrected chi connectivity index (χ1v) is 11.3. The van der Waals surface area contributed by atoms with Gasteiger partial charge in [0, 0.05) is 23.9 Å². The van der Waals surface area contributed by atoms with Gasteiger partial charge in [-0.25, -0.2) is 0 Å². The zero-order chi connectivity index (χ0) is 20.3. The van der Waals surface area contributed by atoms with Gasteiger partial charge >= 0.3 is 0 Å². The average Bonchev–Trinajstić information content (AvgIpc) is 3.29. The van der Waals surface area contributed by atoms with Crippen LogP contribution in [0.15, 0.2) is 53.9 Å². The first-order valence-electron chi connectivity index (χ1n) is 10.4.